The molecule has 18 heavy (non-hydrogen) atoms. The molecular formula is C15H24FNO. The number of hydrogen-bond donors (Lipinski definition) is 1. The van der Waals surface area contributed by atoms with Crippen LogP contribution in [0.4, 0.5) is 4.39 Å². The Labute approximate surface area is 109 Å². The molecule has 0 heterocycles. The maximum atomic E-state index is 13.1. The van der Waals surface area contributed by atoms with E-state index in [1.54, 1.807) is 6.07 Å². The van der Waals surface area contributed by atoms with Crippen LogP contribution in [0.5, 0.6) is 0 Å². The Kier molecular flexibility index (Phi) is 6.30. The molecule has 1 atom stereocenters. The Bertz CT molecular complexity index is 364. The van der Waals surface area contributed by atoms with Crippen LogP contribution in [-0.4, -0.2) is 35.7 Å². The summed E-state index contributed by atoms with van der Waals surface area (Å²) in [4.78, 5) is 2.28. The highest BCUT2D eigenvalue weighted by Gasteiger charge is 2.10. The molecule has 1 aromatic carbocycles. The fourth-order valence-electron chi connectivity index (χ4n) is 2.09. The Balaban J connectivity index is 2.48. The van der Waals surface area contributed by atoms with E-state index in [4.69, 9.17) is 0 Å². The van der Waals surface area contributed by atoms with Crippen LogP contribution in [0, 0.1) is 12.7 Å². The van der Waals surface area contributed by atoms with Crippen molar-refractivity contribution in [3.8, 4) is 0 Å². The lowest BCUT2D eigenvalue weighted by Crippen LogP contribution is -2.27. The Hall–Kier alpha value is -0.930. The molecule has 0 aliphatic heterocycles. The van der Waals surface area contributed by atoms with E-state index in [1.807, 2.05) is 6.92 Å². The van der Waals surface area contributed by atoms with Crippen molar-refractivity contribution in [2.75, 3.05) is 19.6 Å². The van der Waals surface area contributed by atoms with Gasteiger partial charge in [0.1, 0.15) is 5.82 Å². The highest BCUT2D eigenvalue weighted by atomic mass is 19.1. The van der Waals surface area contributed by atoms with E-state index in [1.165, 1.54) is 12.1 Å². The van der Waals surface area contributed by atoms with Gasteiger partial charge < -0.3 is 10.0 Å². The summed E-state index contributed by atoms with van der Waals surface area (Å²) in [6.45, 7) is 9.08. The van der Waals surface area contributed by atoms with Gasteiger partial charge in [0.15, 0.2) is 0 Å². The molecule has 0 aliphatic carbocycles. The van der Waals surface area contributed by atoms with E-state index in [9.17, 15) is 9.50 Å². The number of aliphatic hydroxyl groups is 1. The average molecular weight is 253 g/mol. The van der Waals surface area contributed by atoms with Gasteiger partial charge in [0, 0.05) is 6.54 Å². The van der Waals surface area contributed by atoms with Crippen molar-refractivity contribution in [2.45, 2.75) is 39.7 Å². The molecule has 0 amide bonds. The van der Waals surface area contributed by atoms with Crippen LogP contribution >= 0.6 is 0 Å². The van der Waals surface area contributed by atoms with Crippen LogP contribution in [0.1, 0.15) is 31.4 Å². The Morgan fingerprint density at radius 2 is 1.94 bits per heavy atom. The summed E-state index contributed by atoms with van der Waals surface area (Å²) in [6.07, 6.45) is 0.869. The first kappa shape index (κ1) is 15.1. The number of aryl methyl sites for hydroxylation is 1. The highest BCUT2D eigenvalue weighted by Crippen LogP contribution is 2.14. The third-order valence-electron chi connectivity index (χ3n) is 3.44. The van der Waals surface area contributed by atoms with Crippen LogP contribution in [-0.2, 0) is 6.42 Å². The topological polar surface area (TPSA) is 23.5 Å². The van der Waals surface area contributed by atoms with Crippen LogP contribution in [0.15, 0.2) is 18.2 Å². The second kappa shape index (κ2) is 7.49. The molecule has 2 nitrogen and oxygen atoms in total. The minimum atomic E-state index is -0.397. The molecule has 0 spiro atoms. The van der Waals surface area contributed by atoms with E-state index < -0.39 is 6.10 Å². The number of halogens is 1. The number of hydrogen-bond acceptors (Lipinski definition) is 2. The summed E-state index contributed by atoms with van der Waals surface area (Å²) in [5.74, 6) is -0.230. The molecular weight excluding hydrogens is 229 g/mol. The van der Waals surface area contributed by atoms with Crippen molar-refractivity contribution < 1.29 is 9.50 Å². The number of benzene rings is 1. The number of nitrogens with zero attached hydrogens (tertiary/aromatic N) is 1. The third kappa shape index (κ3) is 4.75. The minimum Gasteiger partial charge on any atom is -0.393 e. The summed E-state index contributed by atoms with van der Waals surface area (Å²) in [7, 11) is 0. The average Bonchev–Trinajstić information content (AvgIpc) is 2.35. The lowest BCUT2D eigenvalue weighted by atomic mass is 10.0. The van der Waals surface area contributed by atoms with Crippen LogP contribution in [0.2, 0.25) is 0 Å². The molecule has 1 N–H and O–H groups in total. The predicted octanol–water partition coefficient (Wildman–Crippen LogP) is 2.77. The van der Waals surface area contributed by atoms with E-state index in [-0.39, 0.29) is 5.82 Å². The standard InChI is InChI=1S/C15H24FNO/c1-4-17(5-2)9-8-15(18)11-13-10-14(16)7-6-12(13)3/h6-7,10,15,18H,4-5,8-9,11H2,1-3H3. The predicted molar refractivity (Wildman–Crippen MR) is 73.3 cm³/mol. The smallest absolute Gasteiger partial charge is 0.123 e. The molecule has 1 aromatic rings. The number of rotatable bonds is 7. The van der Waals surface area contributed by atoms with Gasteiger partial charge in [-0.25, -0.2) is 4.39 Å². The zero-order chi connectivity index (χ0) is 13.5. The molecule has 3 heteroatoms. The Morgan fingerprint density at radius 1 is 1.28 bits per heavy atom. The van der Waals surface area contributed by atoms with Crippen molar-refractivity contribution >= 4 is 0 Å². The van der Waals surface area contributed by atoms with Crippen molar-refractivity contribution in [1.82, 2.24) is 4.90 Å². The first-order valence-electron chi connectivity index (χ1n) is 6.72. The lowest BCUT2D eigenvalue weighted by molar-refractivity contribution is 0.143. The van der Waals surface area contributed by atoms with Gasteiger partial charge >= 0.3 is 0 Å². The van der Waals surface area contributed by atoms with E-state index in [0.717, 1.165) is 37.2 Å². The normalized spacial score (nSPS) is 13.0. The van der Waals surface area contributed by atoms with Gasteiger partial charge in [0.05, 0.1) is 6.10 Å². The summed E-state index contributed by atoms with van der Waals surface area (Å²) in [6, 6.07) is 4.75. The Morgan fingerprint density at radius 3 is 2.56 bits per heavy atom. The fourth-order valence-corrected chi connectivity index (χ4v) is 2.09. The summed E-state index contributed by atoms with van der Waals surface area (Å²) in [5, 5.41) is 10.0. The monoisotopic (exact) mass is 253 g/mol. The van der Waals surface area contributed by atoms with E-state index >= 15 is 0 Å². The van der Waals surface area contributed by atoms with Crippen molar-refractivity contribution in [3.63, 3.8) is 0 Å². The van der Waals surface area contributed by atoms with Crippen molar-refractivity contribution in [3.05, 3.63) is 35.1 Å². The van der Waals surface area contributed by atoms with Gasteiger partial charge in [-0.2, -0.15) is 0 Å². The zero-order valence-electron chi connectivity index (χ0n) is 11.6. The second-order valence-corrected chi connectivity index (χ2v) is 4.74. The molecule has 0 saturated carbocycles. The van der Waals surface area contributed by atoms with Gasteiger partial charge in [-0.1, -0.05) is 19.9 Å². The molecule has 0 aromatic heterocycles. The minimum absolute atomic E-state index is 0.230. The summed E-state index contributed by atoms with van der Waals surface area (Å²) < 4.78 is 13.1. The third-order valence-corrected chi connectivity index (χ3v) is 3.44. The van der Waals surface area contributed by atoms with Crippen molar-refractivity contribution in [1.29, 1.82) is 0 Å². The molecule has 0 bridgehead atoms. The van der Waals surface area contributed by atoms with Crippen LogP contribution < -0.4 is 0 Å². The molecule has 1 rings (SSSR count). The maximum Gasteiger partial charge on any atom is 0.123 e. The van der Waals surface area contributed by atoms with Gasteiger partial charge in [0.2, 0.25) is 0 Å². The molecule has 0 fully saturated rings. The zero-order valence-corrected chi connectivity index (χ0v) is 11.6. The first-order chi connectivity index (χ1) is 8.56. The van der Waals surface area contributed by atoms with Crippen LogP contribution in [0.3, 0.4) is 0 Å². The molecule has 1 unspecified atom stereocenters. The van der Waals surface area contributed by atoms with E-state index in [2.05, 4.69) is 18.7 Å². The quantitative estimate of drug-likeness (QED) is 0.807. The lowest BCUT2D eigenvalue weighted by Gasteiger charge is -2.20. The van der Waals surface area contributed by atoms with Gasteiger partial charge in [-0.05, 0) is 56.1 Å². The first-order valence-corrected chi connectivity index (χ1v) is 6.72. The van der Waals surface area contributed by atoms with Crippen LogP contribution in [0.25, 0.3) is 0 Å². The van der Waals surface area contributed by atoms with E-state index in [0.29, 0.717) is 6.42 Å². The maximum absolute atomic E-state index is 13.1. The van der Waals surface area contributed by atoms with Crippen molar-refractivity contribution in [2.24, 2.45) is 0 Å². The fraction of sp³-hybridized carbons (Fsp3) is 0.600. The molecule has 0 radical (unpaired) electrons. The summed E-state index contributed by atoms with van der Waals surface area (Å²) in [5.41, 5.74) is 1.94. The van der Waals surface area contributed by atoms with Gasteiger partial charge in [0.25, 0.3) is 0 Å². The summed E-state index contributed by atoms with van der Waals surface area (Å²) >= 11 is 0. The SMILES string of the molecule is CCN(CC)CCC(O)Cc1cc(F)ccc1C. The molecule has 102 valence electrons. The van der Waals surface area contributed by atoms with Gasteiger partial charge in [-0.3, -0.25) is 0 Å². The molecule has 0 saturated heterocycles. The number of aliphatic hydroxyl groups excluding tert-OH is 1. The highest BCUT2D eigenvalue weighted by molar-refractivity contribution is 5.27. The molecule has 0 aliphatic rings. The largest absolute Gasteiger partial charge is 0.393 e. The van der Waals surface area contributed by atoms with Gasteiger partial charge in [-0.15, -0.1) is 0 Å². The second-order valence-electron chi connectivity index (χ2n) is 4.74.